The highest BCUT2D eigenvalue weighted by Crippen LogP contribution is 2.14. The van der Waals surface area contributed by atoms with Crippen LogP contribution in [0.4, 0.5) is 10.5 Å². The van der Waals surface area contributed by atoms with E-state index in [0.717, 1.165) is 12.8 Å². The summed E-state index contributed by atoms with van der Waals surface area (Å²) in [5.41, 5.74) is 6.44. The molecule has 1 unspecified atom stereocenters. The van der Waals surface area contributed by atoms with Gasteiger partial charge in [0.1, 0.15) is 0 Å². The lowest BCUT2D eigenvalue weighted by Gasteiger charge is -2.30. The van der Waals surface area contributed by atoms with Crippen molar-refractivity contribution in [3.63, 3.8) is 0 Å². The van der Waals surface area contributed by atoms with Gasteiger partial charge in [0.05, 0.1) is 5.56 Å². The molecule has 0 spiro atoms. The molecule has 0 bridgehead atoms. The van der Waals surface area contributed by atoms with Crippen LogP contribution in [0.5, 0.6) is 0 Å². The zero-order valence-corrected chi connectivity index (χ0v) is 10.5. The Kier molecular flexibility index (Phi) is 4.01. The van der Waals surface area contributed by atoms with Crippen LogP contribution in [-0.4, -0.2) is 41.1 Å². The number of amides is 2. The van der Waals surface area contributed by atoms with Crippen LogP contribution in [0.25, 0.3) is 0 Å². The van der Waals surface area contributed by atoms with Crippen molar-refractivity contribution in [2.24, 2.45) is 5.73 Å². The quantitative estimate of drug-likeness (QED) is 0.750. The molecule has 0 aromatic heterocycles. The Morgan fingerprint density at radius 2 is 2.21 bits per heavy atom. The molecule has 1 aliphatic rings. The minimum absolute atomic E-state index is 0.0184. The number of carboxylic acids is 1. The molecule has 1 atom stereocenters. The molecule has 6 nitrogen and oxygen atoms in total. The van der Waals surface area contributed by atoms with Crippen LogP contribution in [0.2, 0.25) is 0 Å². The van der Waals surface area contributed by atoms with E-state index < -0.39 is 5.97 Å². The molecule has 0 aliphatic carbocycles. The maximum absolute atomic E-state index is 12.0. The summed E-state index contributed by atoms with van der Waals surface area (Å²) < 4.78 is 0. The average molecular weight is 263 g/mol. The Bertz CT molecular complexity index is 490. The number of carboxylic acid groups (broad SMARTS) is 1. The first-order valence-electron chi connectivity index (χ1n) is 6.21. The molecule has 4 N–H and O–H groups in total. The number of nitrogens with two attached hydrogens (primary N) is 1. The van der Waals surface area contributed by atoms with Crippen molar-refractivity contribution in [3.05, 3.63) is 29.8 Å². The molecule has 19 heavy (non-hydrogen) atoms. The second kappa shape index (κ2) is 5.71. The number of piperidine rings is 1. The zero-order valence-electron chi connectivity index (χ0n) is 10.5. The van der Waals surface area contributed by atoms with Crippen LogP contribution in [0.15, 0.2) is 24.3 Å². The van der Waals surface area contributed by atoms with Crippen molar-refractivity contribution < 1.29 is 14.7 Å². The predicted molar refractivity (Wildman–Crippen MR) is 71.2 cm³/mol. The Hall–Kier alpha value is -2.08. The van der Waals surface area contributed by atoms with E-state index in [1.807, 2.05) is 0 Å². The highest BCUT2D eigenvalue weighted by molar-refractivity contribution is 5.93. The molecule has 1 aliphatic heterocycles. The van der Waals surface area contributed by atoms with Gasteiger partial charge in [0, 0.05) is 24.8 Å². The topological polar surface area (TPSA) is 95.7 Å². The summed E-state index contributed by atoms with van der Waals surface area (Å²) in [7, 11) is 0. The molecule has 102 valence electrons. The van der Waals surface area contributed by atoms with Crippen LogP contribution in [-0.2, 0) is 0 Å². The number of carbonyl (C=O) groups is 2. The second-order valence-electron chi connectivity index (χ2n) is 4.66. The van der Waals surface area contributed by atoms with Gasteiger partial charge < -0.3 is 21.1 Å². The fraction of sp³-hybridized carbons (Fsp3) is 0.385. The van der Waals surface area contributed by atoms with E-state index in [1.54, 1.807) is 17.0 Å². The normalized spacial score (nSPS) is 19.0. The minimum atomic E-state index is -1.02. The van der Waals surface area contributed by atoms with E-state index in [0.29, 0.717) is 18.8 Å². The van der Waals surface area contributed by atoms with E-state index in [4.69, 9.17) is 10.8 Å². The van der Waals surface area contributed by atoms with E-state index >= 15 is 0 Å². The zero-order chi connectivity index (χ0) is 13.8. The average Bonchev–Trinajstić information content (AvgIpc) is 2.39. The van der Waals surface area contributed by atoms with E-state index in [1.165, 1.54) is 12.1 Å². The first-order chi connectivity index (χ1) is 9.06. The molecule has 6 heteroatoms. The van der Waals surface area contributed by atoms with Gasteiger partial charge in [-0.1, -0.05) is 6.07 Å². The summed E-state index contributed by atoms with van der Waals surface area (Å²) in [4.78, 5) is 24.5. The van der Waals surface area contributed by atoms with Crippen molar-refractivity contribution in [3.8, 4) is 0 Å². The Balaban J connectivity index is 2.02. The molecular weight excluding hydrogens is 246 g/mol. The van der Waals surface area contributed by atoms with Crippen molar-refractivity contribution in [2.75, 3.05) is 18.4 Å². The van der Waals surface area contributed by atoms with Gasteiger partial charge in [-0.15, -0.1) is 0 Å². The van der Waals surface area contributed by atoms with Gasteiger partial charge in [-0.05, 0) is 31.0 Å². The highest BCUT2D eigenvalue weighted by atomic mass is 16.4. The van der Waals surface area contributed by atoms with Crippen LogP contribution in [0, 0.1) is 0 Å². The number of rotatable bonds is 2. The van der Waals surface area contributed by atoms with Crippen molar-refractivity contribution >= 4 is 17.7 Å². The number of urea groups is 1. The fourth-order valence-electron chi connectivity index (χ4n) is 2.13. The third kappa shape index (κ3) is 3.45. The molecular formula is C13H17N3O3. The third-order valence-corrected chi connectivity index (χ3v) is 3.11. The number of nitrogens with one attached hydrogen (secondary N) is 1. The molecule has 1 heterocycles. The summed E-state index contributed by atoms with van der Waals surface area (Å²) in [5.74, 6) is -1.02. The summed E-state index contributed by atoms with van der Waals surface area (Å²) >= 11 is 0. The smallest absolute Gasteiger partial charge is 0.335 e. The molecule has 1 aromatic carbocycles. The number of hydrogen-bond acceptors (Lipinski definition) is 3. The molecule has 1 fully saturated rings. The lowest BCUT2D eigenvalue weighted by Crippen LogP contribution is -2.47. The van der Waals surface area contributed by atoms with Gasteiger partial charge >= 0.3 is 12.0 Å². The van der Waals surface area contributed by atoms with Crippen LogP contribution in [0.1, 0.15) is 23.2 Å². The Labute approximate surface area is 111 Å². The van der Waals surface area contributed by atoms with Gasteiger partial charge in [0.2, 0.25) is 0 Å². The number of likely N-dealkylation sites (tertiary alicyclic amines) is 1. The Morgan fingerprint density at radius 1 is 1.42 bits per heavy atom. The number of carbonyl (C=O) groups excluding carboxylic acids is 1. The summed E-state index contributed by atoms with van der Waals surface area (Å²) in [6.45, 7) is 1.21. The number of nitrogens with zero attached hydrogens (tertiary/aromatic N) is 1. The van der Waals surface area contributed by atoms with Crippen LogP contribution < -0.4 is 11.1 Å². The maximum atomic E-state index is 12.0. The van der Waals surface area contributed by atoms with E-state index in [-0.39, 0.29) is 17.6 Å². The van der Waals surface area contributed by atoms with E-state index in [9.17, 15) is 9.59 Å². The highest BCUT2D eigenvalue weighted by Gasteiger charge is 2.21. The van der Waals surface area contributed by atoms with E-state index in [2.05, 4.69) is 5.32 Å². The first kappa shape index (κ1) is 13.4. The van der Waals surface area contributed by atoms with Gasteiger partial charge in [0.25, 0.3) is 0 Å². The second-order valence-corrected chi connectivity index (χ2v) is 4.66. The third-order valence-electron chi connectivity index (χ3n) is 3.11. The number of benzene rings is 1. The molecule has 2 rings (SSSR count). The van der Waals surface area contributed by atoms with Crippen molar-refractivity contribution in [1.29, 1.82) is 0 Å². The maximum Gasteiger partial charge on any atom is 0.335 e. The van der Waals surface area contributed by atoms with Crippen molar-refractivity contribution in [1.82, 2.24) is 4.90 Å². The largest absolute Gasteiger partial charge is 0.478 e. The number of hydrogen-bond donors (Lipinski definition) is 3. The number of aromatic carboxylic acids is 1. The predicted octanol–water partition coefficient (Wildman–Crippen LogP) is 1.34. The lowest BCUT2D eigenvalue weighted by molar-refractivity contribution is 0.0697. The summed E-state index contributed by atoms with van der Waals surface area (Å²) in [6, 6.07) is 5.95. The monoisotopic (exact) mass is 263 g/mol. The molecule has 1 aromatic rings. The minimum Gasteiger partial charge on any atom is -0.478 e. The molecule has 2 amide bonds. The van der Waals surface area contributed by atoms with Crippen LogP contribution in [0.3, 0.4) is 0 Å². The molecule has 0 saturated carbocycles. The first-order valence-corrected chi connectivity index (χ1v) is 6.21. The molecule has 1 saturated heterocycles. The van der Waals surface area contributed by atoms with Gasteiger partial charge in [0.15, 0.2) is 0 Å². The van der Waals surface area contributed by atoms with Gasteiger partial charge in [-0.2, -0.15) is 0 Å². The summed E-state index contributed by atoms with van der Waals surface area (Å²) in [6.07, 6.45) is 1.82. The van der Waals surface area contributed by atoms with Gasteiger partial charge in [-0.25, -0.2) is 9.59 Å². The van der Waals surface area contributed by atoms with Crippen molar-refractivity contribution in [2.45, 2.75) is 18.9 Å². The summed E-state index contributed by atoms with van der Waals surface area (Å²) in [5, 5.41) is 11.6. The molecule has 0 radical (unpaired) electrons. The Morgan fingerprint density at radius 3 is 2.89 bits per heavy atom. The SMILES string of the molecule is NC1CCCN(C(=O)Nc2cccc(C(=O)O)c2)C1. The standard InChI is InChI=1S/C13H17N3O3/c14-10-4-2-6-16(8-10)13(19)15-11-5-1-3-9(7-11)12(17)18/h1,3,5,7,10H,2,4,6,8,14H2,(H,15,19)(H,17,18). The lowest BCUT2D eigenvalue weighted by atomic mass is 10.1. The number of anilines is 1. The fourth-order valence-corrected chi connectivity index (χ4v) is 2.13. The van der Waals surface area contributed by atoms with Crippen LogP contribution >= 0.6 is 0 Å². The van der Waals surface area contributed by atoms with Gasteiger partial charge in [-0.3, -0.25) is 0 Å².